The Labute approximate surface area is 196 Å². The lowest BCUT2D eigenvalue weighted by Gasteiger charge is -2.43. The average Bonchev–Trinajstić information content (AvgIpc) is 3.34. The molecule has 2 aromatic carbocycles. The summed E-state index contributed by atoms with van der Waals surface area (Å²) in [5.41, 5.74) is 5.43. The molecule has 1 N–H and O–H groups in total. The second-order valence-electron chi connectivity index (χ2n) is 10.1. The van der Waals surface area contributed by atoms with Gasteiger partial charge in [-0.3, -0.25) is 9.48 Å². The molecule has 3 aromatic rings. The van der Waals surface area contributed by atoms with Gasteiger partial charge in [-0.05, 0) is 70.5 Å². The van der Waals surface area contributed by atoms with Gasteiger partial charge in [0.15, 0.2) is 0 Å². The molecular formula is C28H34N2O3. The fourth-order valence-electron chi connectivity index (χ4n) is 4.94. The largest absolute Gasteiger partial charge is 0.489 e. The topological polar surface area (TPSA) is 64.3 Å². The van der Waals surface area contributed by atoms with E-state index in [-0.39, 0.29) is 23.3 Å². The number of nitrogens with zero attached hydrogens (tertiary/aromatic N) is 2. The normalized spacial score (nSPS) is 20.1. The molecule has 4 rings (SSSR count). The molecule has 1 unspecified atom stereocenters. The van der Waals surface area contributed by atoms with Crippen molar-refractivity contribution >= 4 is 5.97 Å². The van der Waals surface area contributed by atoms with Crippen molar-refractivity contribution in [1.29, 1.82) is 0 Å². The Kier molecular flexibility index (Phi) is 6.33. The maximum atomic E-state index is 11.3. The lowest BCUT2D eigenvalue weighted by molar-refractivity contribution is -0.137. The fraction of sp³-hybridized carbons (Fsp3) is 0.429. The van der Waals surface area contributed by atoms with Crippen LogP contribution in [0, 0.1) is 0 Å². The lowest BCUT2D eigenvalue weighted by atomic mass is 9.61. The minimum atomic E-state index is -0.856. The van der Waals surface area contributed by atoms with Gasteiger partial charge in [0.25, 0.3) is 0 Å². The average molecular weight is 447 g/mol. The first-order valence-corrected chi connectivity index (χ1v) is 11.8. The van der Waals surface area contributed by atoms with Crippen molar-refractivity contribution in [3.05, 3.63) is 83.2 Å². The van der Waals surface area contributed by atoms with Crippen molar-refractivity contribution < 1.29 is 14.6 Å². The summed E-state index contributed by atoms with van der Waals surface area (Å²) >= 11 is 0. The number of aliphatic carboxylic acids is 1. The molecule has 0 bridgehead atoms. The minimum absolute atomic E-state index is 0.0243. The standard InChI is InChI=1S/C28H34N2O3/c1-5-28(4)14-13-27(2,3)23-12-7-20(17-24(23)28)19-33-22-10-8-21(9-11-22)25(18-26(31)32)30-16-6-15-29-30/h6-12,15-17,25H,5,13-14,18-19H2,1-4H3,(H,31,32)/t25-,28?/m1/s1. The number of carboxylic acids is 1. The van der Waals surface area contributed by atoms with Crippen LogP contribution in [0.2, 0.25) is 0 Å². The van der Waals surface area contributed by atoms with Crippen molar-refractivity contribution in [2.24, 2.45) is 0 Å². The van der Waals surface area contributed by atoms with E-state index in [0.29, 0.717) is 6.61 Å². The van der Waals surface area contributed by atoms with Crippen LogP contribution in [0.1, 0.15) is 81.7 Å². The van der Waals surface area contributed by atoms with E-state index < -0.39 is 5.97 Å². The van der Waals surface area contributed by atoms with Gasteiger partial charge in [-0.25, -0.2) is 0 Å². The van der Waals surface area contributed by atoms with Crippen LogP contribution in [-0.4, -0.2) is 20.9 Å². The van der Waals surface area contributed by atoms with Gasteiger partial charge < -0.3 is 9.84 Å². The van der Waals surface area contributed by atoms with E-state index in [2.05, 4.69) is 51.0 Å². The summed E-state index contributed by atoms with van der Waals surface area (Å²) in [6, 6.07) is 16.0. The third kappa shape index (κ3) is 4.82. The van der Waals surface area contributed by atoms with Gasteiger partial charge in [-0.1, -0.05) is 58.0 Å². The molecule has 0 amide bonds. The molecule has 0 spiro atoms. The summed E-state index contributed by atoms with van der Waals surface area (Å²) in [6.07, 6.45) is 6.99. The van der Waals surface area contributed by atoms with Crippen LogP contribution in [0.4, 0.5) is 0 Å². The number of carboxylic acid groups (broad SMARTS) is 1. The van der Waals surface area contributed by atoms with Gasteiger partial charge in [0.05, 0.1) is 12.5 Å². The third-order valence-corrected chi connectivity index (χ3v) is 7.43. The molecule has 33 heavy (non-hydrogen) atoms. The van der Waals surface area contributed by atoms with E-state index in [4.69, 9.17) is 4.74 Å². The Morgan fingerprint density at radius 1 is 1.12 bits per heavy atom. The molecule has 1 aliphatic carbocycles. The van der Waals surface area contributed by atoms with Crippen LogP contribution in [-0.2, 0) is 22.2 Å². The summed E-state index contributed by atoms with van der Waals surface area (Å²) in [5.74, 6) is -0.0879. The van der Waals surface area contributed by atoms with Crippen molar-refractivity contribution in [1.82, 2.24) is 9.78 Å². The Hall–Kier alpha value is -3.08. The van der Waals surface area contributed by atoms with Crippen LogP contribution in [0.3, 0.4) is 0 Å². The molecule has 1 aliphatic rings. The van der Waals surface area contributed by atoms with Crippen LogP contribution in [0.25, 0.3) is 0 Å². The molecule has 0 aliphatic heterocycles. The highest BCUT2D eigenvalue weighted by Crippen LogP contribution is 2.47. The van der Waals surface area contributed by atoms with E-state index in [1.54, 1.807) is 23.1 Å². The third-order valence-electron chi connectivity index (χ3n) is 7.43. The number of hydrogen-bond acceptors (Lipinski definition) is 3. The SMILES string of the molecule is CCC1(C)CCC(C)(C)c2ccc(COc3ccc([C@@H](CC(=O)O)n4cccn4)cc3)cc21. The van der Waals surface area contributed by atoms with E-state index in [1.165, 1.54) is 29.5 Å². The predicted molar refractivity (Wildman–Crippen MR) is 130 cm³/mol. The fourth-order valence-corrected chi connectivity index (χ4v) is 4.94. The van der Waals surface area contributed by atoms with Crippen LogP contribution in [0.5, 0.6) is 5.75 Å². The maximum absolute atomic E-state index is 11.3. The van der Waals surface area contributed by atoms with E-state index in [0.717, 1.165) is 17.7 Å². The quantitative estimate of drug-likeness (QED) is 0.443. The number of rotatable bonds is 8. The Morgan fingerprint density at radius 3 is 2.52 bits per heavy atom. The molecular weight excluding hydrogens is 412 g/mol. The molecule has 0 radical (unpaired) electrons. The number of fused-ring (bicyclic) bond motifs is 1. The second-order valence-corrected chi connectivity index (χ2v) is 10.1. The van der Waals surface area contributed by atoms with Crippen molar-refractivity contribution in [3.8, 4) is 5.75 Å². The summed E-state index contributed by atoms with van der Waals surface area (Å²) < 4.78 is 7.79. The Bertz CT molecular complexity index is 1100. The molecule has 0 saturated carbocycles. The summed E-state index contributed by atoms with van der Waals surface area (Å²) in [5, 5.41) is 13.5. The van der Waals surface area contributed by atoms with Gasteiger partial charge in [0, 0.05) is 12.4 Å². The molecule has 1 heterocycles. The summed E-state index contributed by atoms with van der Waals surface area (Å²) in [6.45, 7) is 9.87. The zero-order valence-electron chi connectivity index (χ0n) is 20.0. The van der Waals surface area contributed by atoms with Crippen molar-refractivity contribution in [3.63, 3.8) is 0 Å². The molecule has 174 valence electrons. The number of carbonyl (C=O) groups is 1. The highest BCUT2D eigenvalue weighted by atomic mass is 16.5. The minimum Gasteiger partial charge on any atom is -0.489 e. The highest BCUT2D eigenvalue weighted by molar-refractivity contribution is 5.68. The first-order chi connectivity index (χ1) is 15.7. The van der Waals surface area contributed by atoms with Gasteiger partial charge in [-0.15, -0.1) is 0 Å². The number of hydrogen-bond donors (Lipinski definition) is 1. The maximum Gasteiger partial charge on any atom is 0.305 e. The van der Waals surface area contributed by atoms with Crippen LogP contribution in [0.15, 0.2) is 60.9 Å². The number of benzene rings is 2. The van der Waals surface area contributed by atoms with E-state index in [9.17, 15) is 9.90 Å². The number of aromatic nitrogens is 2. The van der Waals surface area contributed by atoms with Gasteiger partial charge >= 0.3 is 5.97 Å². The molecule has 0 fully saturated rings. The van der Waals surface area contributed by atoms with E-state index in [1.807, 2.05) is 24.3 Å². The van der Waals surface area contributed by atoms with Crippen LogP contribution >= 0.6 is 0 Å². The first kappa shape index (κ1) is 23.1. The Morgan fingerprint density at radius 2 is 1.88 bits per heavy atom. The summed E-state index contributed by atoms with van der Waals surface area (Å²) in [4.78, 5) is 11.3. The van der Waals surface area contributed by atoms with Gasteiger partial charge in [0.2, 0.25) is 0 Å². The van der Waals surface area contributed by atoms with Gasteiger partial charge in [-0.2, -0.15) is 5.10 Å². The molecule has 0 saturated heterocycles. The Balaban J connectivity index is 1.50. The van der Waals surface area contributed by atoms with Crippen molar-refractivity contribution in [2.75, 3.05) is 0 Å². The number of ether oxygens (including phenoxy) is 1. The lowest BCUT2D eigenvalue weighted by Crippen LogP contribution is -2.35. The second kappa shape index (κ2) is 9.05. The smallest absolute Gasteiger partial charge is 0.305 e. The zero-order chi connectivity index (χ0) is 23.6. The highest BCUT2D eigenvalue weighted by Gasteiger charge is 2.38. The molecule has 2 atom stereocenters. The van der Waals surface area contributed by atoms with Crippen LogP contribution < -0.4 is 4.74 Å². The molecule has 5 heteroatoms. The molecule has 1 aromatic heterocycles. The van der Waals surface area contributed by atoms with Gasteiger partial charge in [0.1, 0.15) is 12.4 Å². The first-order valence-electron chi connectivity index (χ1n) is 11.8. The summed E-state index contributed by atoms with van der Waals surface area (Å²) in [7, 11) is 0. The monoisotopic (exact) mass is 446 g/mol. The molecule has 5 nitrogen and oxygen atoms in total. The van der Waals surface area contributed by atoms with E-state index >= 15 is 0 Å². The zero-order valence-corrected chi connectivity index (χ0v) is 20.0. The van der Waals surface area contributed by atoms with Crippen molar-refractivity contribution in [2.45, 2.75) is 76.9 Å². The predicted octanol–water partition coefficient (Wildman–Crippen LogP) is 6.27.